The Morgan fingerprint density at radius 3 is 3.00 bits per heavy atom. The molecule has 1 aliphatic carbocycles. The molecule has 0 bridgehead atoms. The van der Waals surface area contributed by atoms with Gasteiger partial charge in [-0.3, -0.25) is 0 Å². The molecule has 16 heavy (non-hydrogen) atoms. The molecule has 1 aliphatic heterocycles. The lowest BCUT2D eigenvalue weighted by Crippen LogP contribution is -2.27. The van der Waals surface area contributed by atoms with Crippen LogP contribution in [0.15, 0.2) is 23.1 Å². The molecule has 0 amide bonds. The van der Waals surface area contributed by atoms with Crippen LogP contribution in [0, 0.1) is 11.7 Å². The molecular weight excluding hydrogens is 221 g/mol. The standard InChI is InChI=1S/C13H16FNS/c1-8-7-12(8)15-11-5-6-16-13-9(11)3-2-4-10(13)14/h2-4,8,11-12,15H,5-7H2,1H3. The molecule has 1 aromatic rings. The smallest absolute Gasteiger partial charge is 0.137 e. The van der Waals surface area contributed by atoms with Crippen LogP contribution in [0.25, 0.3) is 0 Å². The van der Waals surface area contributed by atoms with E-state index in [-0.39, 0.29) is 5.82 Å². The summed E-state index contributed by atoms with van der Waals surface area (Å²) in [6, 6.07) is 6.47. The first-order chi connectivity index (χ1) is 7.75. The maximum absolute atomic E-state index is 13.6. The lowest BCUT2D eigenvalue weighted by Gasteiger charge is -2.26. The predicted molar refractivity (Wildman–Crippen MR) is 65.2 cm³/mol. The fraction of sp³-hybridized carbons (Fsp3) is 0.538. The van der Waals surface area contributed by atoms with Crippen LogP contribution in [0.1, 0.15) is 31.4 Å². The van der Waals surface area contributed by atoms with Crippen molar-refractivity contribution in [3.05, 3.63) is 29.6 Å². The lowest BCUT2D eigenvalue weighted by molar-refractivity contribution is 0.484. The Morgan fingerprint density at radius 2 is 2.25 bits per heavy atom. The molecule has 86 valence electrons. The fourth-order valence-corrected chi connectivity index (χ4v) is 3.51. The van der Waals surface area contributed by atoms with Gasteiger partial charge in [0.25, 0.3) is 0 Å². The molecule has 0 aromatic heterocycles. The average Bonchev–Trinajstić information content (AvgIpc) is 2.96. The highest BCUT2D eigenvalue weighted by Crippen LogP contribution is 2.40. The summed E-state index contributed by atoms with van der Waals surface area (Å²) in [6.45, 7) is 2.27. The molecule has 0 spiro atoms. The summed E-state index contributed by atoms with van der Waals surface area (Å²) < 4.78 is 13.6. The Bertz CT molecular complexity index is 407. The van der Waals surface area contributed by atoms with Gasteiger partial charge in [-0.2, -0.15) is 0 Å². The van der Waals surface area contributed by atoms with Gasteiger partial charge < -0.3 is 5.32 Å². The van der Waals surface area contributed by atoms with E-state index in [9.17, 15) is 4.39 Å². The third kappa shape index (κ3) is 1.87. The molecule has 3 unspecified atom stereocenters. The summed E-state index contributed by atoms with van der Waals surface area (Å²) in [6.07, 6.45) is 2.39. The number of hydrogen-bond acceptors (Lipinski definition) is 2. The number of fused-ring (bicyclic) bond motifs is 1. The molecule has 1 nitrogen and oxygen atoms in total. The Kier molecular flexibility index (Phi) is 2.68. The minimum atomic E-state index is -0.0576. The average molecular weight is 237 g/mol. The molecule has 0 saturated heterocycles. The highest BCUT2D eigenvalue weighted by atomic mass is 32.2. The molecule has 3 atom stereocenters. The van der Waals surface area contributed by atoms with Gasteiger partial charge in [0.2, 0.25) is 0 Å². The molecule has 1 saturated carbocycles. The molecule has 1 N–H and O–H groups in total. The first kappa shape index (κ1) is 10.6. The zero-order valence-corrected chi connectivity index (χ0v) is 10.2. The van der Waals surface area contributed by atoms with Gasteiger partial charge in [0.05, 0.1) is 0 Å². The van der Waals surface area contributed by atoms with Crippen molar-refractivity contribution in [3.8, 4) is 0 Å². The summed E-state index contributed by atoms with van der Waals surface area (Å²) in [5, 5.41) is 3.65. The number of nitrogens with one attached hydrogen (secondary N) is 1. The topological polar surface area (TPSA) is 12.0 Å². The molecule has 1 aromatic carbocycles. The van der Waals surface area contributed by atoms with Gasteiger partial charge in [-0.15, -0.1) is 11.8 Å². The van der Waals surface area contributed by atoms with Gasteiger partial charge in [-0.05, 0) is 36.1 Å². The minimum absolute atomic E-state index is 0.0576. The maximum Gasteiger partial charge on any atom is 0.137 e. The Hall–Kier alpha value is -0.540. The van der Waals surface area contributed by atoms with Crippen molar-refractivity contribution in [1.29, 1.82) is 0 Å². The van der Waals surface area contributed by atoms with Crippen LogP contribution in [0.2, 0.25) is 0 Å². The molecule has 3 heteroatoms. The third-order valence-electron chi connectivity index (χ3n) is 3.55. The van der Waals surface area contributed by atoms with Crippen LogP contribution < -0.4 is 5.32 Å². The normalized spacial score (nSPS) is 32.2. The minimum Gasteiger partial charge on any atom is -0.307 e. The van der Waals surface area contributed by atoms with Gasteiger partial charge in [0.15, 0.2) is 0 Å². The van der Waals surface area contributed by atoms with Crippen LogP contribution in [-0.2, 0) is 0 Å². The highest BCUT2D eigenvalue weighted by Gasteiger charge is 2.35. The van der Waals surface area contributed by atoms with Gasteiger partial charge in [0.1, 0.15) is 5.82 Å². The number of thioether (sulfide) groups is 1. The summed E-state index contributed by atoms with van der Waals surface area (Å²) >= 11 is 1.65. The second-order valence-electron chi connectivity index (χ2n) is 4.83. The van der Waals surface area contributed by atoms with Crippen LogP contribution >= 0.6 is 11.8 Å². The molecule has 1 heterocycles. The SMILES string of the molecule is CC1CC1NC1CCSc2c(F)cccc21. The van der Waals surface area contributed by atoms with E-state index in [1.807, 2.05) is 6.07 Å². The van der Waals surface area contributed by atoms with Crippen molar-refractivity contribution in [2.45, 2.75) is 36.7 Å². The van der Waals surface area contributed by atoms with Crippen LogP contribution in [0.3, 0.4) is 0 Å². The van der Waals surface area contributed by atoms with Crippen molar-refractivity contribution in [2.75, 3.05) is 5.75 Å². The largest absolute Gasteiger partial charge is 0.307 e. The zero-order chi connectivity index (χ0) is 11.1. The van der Waals surface area contributed by atoms with E-state index >= 15 is 0 Å². The molecular formula is C13H16FNS. The molecule has 1 fully saturated rings. The molecule has 2 aliphatic rings. The monoisotopic (exact) mass is 237 g/mol. The third-order valence-corrected chi connectivity index (χ3v) is 4.71. The van der Waals surface area contributed by atoms with Crippen LogP contribution in [-0.4, -0.2) is 11.8 Å². The Morgan fingerprint density at radius 1 is 1.44 bits per heavy atom. The predicted octanol–water partition coefficient (Wildman–Crippen LogP) is 3.36. The first-order valence-electron chi connectivity index (χ1n) is 5.93. The first-order valence-corrected chi connectivity index (χ1v) is 6.91. The summed E-state index contributed by atoms with van der Waals surface area (Å²) in [7, 11) is 0. The quantitative estimate of drug-likeness (QED) is 0.846. The molecule has 0 radical (unpaired) electrons. The maximum atomic E-state index is 13.6. The fourth-order valence-electron chi connectivity index (χ4n) is 2.37. The highest BCUT2D eigenvalue weighted by molar-refractivity contribution is 7.99. The lowest BCUT2D eigenvalue weighted by atomic mass is 10.0. The van der Waals surface area contributed by atoms with Gasteiger partial charge in [-0.25, -0.2) is 4.39 Å². The zero-order valence-electron chi connectivity index (χ0n) is 9.37. The molecule has 3 rings (SSSR count). The van der Waals surface area contributed by atoms with Crippen molar-refractivity contribution in [3.63, 3.8) is 0 Å². The van der Waals surface area contributed by atoms with Crippen LogP contribution in [0.4, 0.5) is 4.39 Å². The Balaban J connectivity index is 1.85. The van der Waals surface area contributed by atoms with E-state index in [0.29, 0.717) is 12.1 Å². The number of benzene rings is 1. The van der Waals surface area contributed by atoms with Crippen molar-refractivity contribution < 1.29 is 4.39 Å². The summed E-state index contributed by atoms with van der Waals surface area (Å²) in [5.41, 5.74) is 1.16. The summed E-state index contributed by atoms with van der Waals surface area (Å²) in [5.74, 6) is 1.76. The Labute approximate surface area is 99.8 Å². The second-order valence-corrected chi connectivity index (χ2v) is 5.94. The number of rotatable bonds is 2. The van der Waals surface area contributed by atoms with Crippen LogP contribution in [0.5, 0.6) is 0 Å². The second kappa shape index (κ2) is 4.04. The van der Waals surface area contributed by atoms with E-state index in [4.69, 9.17) is 0 Å². The van der Waals surface area contributed by atoms with Crippen molar-refractivity contribution >= 4 is 11.8 Å². The van der Waals surface area contributed by atoms with Gasteiger partial charge in [-0.1, -0.05) is 19.1 Å². The van der Waals surface area contributed by atoms with Gasteiger partial charge in [0, 0.05) is 17.0 Å². The number of halogens is 1. The van der Waals surface area contributed by atoms with Gasteiger partial charge >= 0.3 is 0 Å². The number of hydrogen-bond donors (Lipinski definition) is 1. The summed E-state index contributed by atoms with van der Waals surface area (Å²) in [4.78, 5) is 0.861. The van der Waals surface area contributed by atoms with Crippen molar-refractivity contribution in [2.24, 2.45) is 5.92 Å². The van der Waals surface area contributed by atoms with E-state index in [0.717, 1.165) is 28.6 Å². The van der Waals surface area contributed by atoms with Crippen molar-refractivity contribution in [1.82, 2.24) is 5.32 Å². The van der Waals surface area contributed by atoms with E-state index in [1.54, 1.807) is 17.8 Å². The van der Waals surface area contributed by atoms with E-state index in [2.05, 4.69) is 18.3 Å². The van der Waals surface area contributed by atoms with E-state index in [1.165, 1.54) is 6.42 Å². The van der Waals surface area contributed by atoms with E-state index < -0.39 is 0 Å².